The highest BCUT2D eigenvalue weighted by Crippen LogP contribution is 2.02. The number of rotatable bonds is 5. The molecule has 16 heavy (non-hydrogen) atoms. The molecule has 86 valence electrons. The van der Waals surface area contributed by atoms with Gasteiger partial charge in [-0.1, -0.05) is 6.07 Å². The minimum atomic E-state index is -1.00. The lowest BCUT2D eigenvalue weighted by molar-refractivity contribution is -0.143. The lowest BCUT2D eigenvalue weighted by atomic mass is 10.1. The summed E-state index contributed by atoms with van der Waals surface area (Å²) in [5.74, 6) is -1.18. The van der Waals surface area contributed by atoms with Crippen LogP contribution in [0.1, 0.15) is 12.0 Å². The van der Waals surface area contributed by atoms with Gasteiger partial charge >= 0.3 is 5.97 Å². The van der Waals surface area contributed by atoms with Gasteiger partial charge in [-0.3, -0.25) is 14.6 Å². The first kappa shape index (κ1) is 12.2. The van der Waals surface area contributed by atoms with Gasteiger partial charge < -0.3 is 10.0 Å². The molecule has 0 radical (unpaired) electrons. The first-order valence-corrected chi connectivity index (χ1v) is 4.94. The topological polar surface area (TPSA) is 70.5 Å². The van der Waals surface area contributed by atoms with E-state index in [9.17, 15) is 9.59 Å². The molecule has 0 aliphatic heterocycles. The Kier molecular flexibility index (Phi) is 4.44. The van der Waals surface area contributed by atoms with Crippen molar-refractivity contribution in [3.8, 4) is 0 Å². The third-order valence-electron chi connectivity index (χ3n) is 2.15. The number of nitrogens with zero attached hydrogens (tertiary/aromatic N) is 2. The van der Waals surface area contributed by atoms with E-state index in [4.69, 9.17) is 5.11 Å². The highest BCUT2D eigenvalue weighted by molar-refractivity contribution is 5.81. The summed E-state index contributed by atoms with van der Waals surface area (Å²) < 4.78 is 0. The van der Waals surface area contributed by atoms with Gasteiger partial charge in [0.25, 0.3) is 0 Å². The van der Waals surface area contributed by atoms with E-state index in [0.717, 1.165) is 5.56 Å². The van der Waals surface area contributed by atoms with Gasteiger partial charge in [-0.05, 0) is 18.1 Å². The molecule has 0 saturated carbocycles. The van der Waals surface area contributed by atoms with E-state index in [1.54, 1.807) is 18.5 Å². The van der Waals surface area contributed by atoms with E-state index in [-0.39, 0.29) is 12.5 Å². The molecule has 1 rings (SSSR count). The summed E-state index contributed by atoms with van der Waals surface area (Å²) in [6, 6.07) is 3.69. The van der Waals surface area contributed by atoms with Crippen LogP contribution in [0.4, 0.5) is 0 Å². The number of aryl methyl sites for hydroxylation is 1. The maximum Gasteiger partial charge on any atom is 0.323 e. The number of hydrogen-bond donors (Lipinski definition) is 1. The van der Waals surface area contributed by atoms with Crippen molar-refractivity contribution in [3.63, 3.8) is 0 Å². The van der Waals surface area contributed by atoms with Crippen LogP contribution in [0.2, 0.25) is 0 Å². The van der Waals surface area contributed by atoms with E-state index in [0.29, 0.717) is 12.8 Å². The fourth-order valence-electron chi connectivity index (χ4n) is 1.28. The van der Waals surface area contributed by atoms with Gasteiger partial charge in [0.05, 0.1) is 0 Å². The van der Waals surface area contributed by atoms with E-state index in [1.807, 2.05) is 6.07 Å². The second-order valence-corrected chi connectivity index (χ2v) is 3.50. The number of carbonyl (C=O) groups excluding carboxylic acids is 1. The molecule has 5 heteroatoms. The zero-order chi connectivity index (χ0) is 12.0. The van der Waals surface area contributed by atoms with Gasteiger partial charge in [-0.25, -0.2) is 0 Å². The third-order valence-corrected chi connectivity index (χ3v) is 2.15. The zero-order valence-corrected chi connectivity index (χ0v) is 9.09. The number of amides is 1. The molecule has 0 bridgehead atoms. The molecule has 0 saturated heterocycles. The summed E-state index contributed by atoms with van der Waals surface area (Å²) in [6.07, 6.45) is 4.25. The van der Waals surface area contributed by atoms with Crippen molar-refractivity contribution in [2.75, 3.05) is 13.6 Å². The minimum Gasteiger partial charge on any atom is -0.480 e. The van der Waals surface area contributed by atoms with Crippen LogP contribution in [0.25, 0.3) is 0 Å². The molecule has 0 aliphatic carbocycles. The highest BCUT2D eigenvalue weighted by atomic mass is 16.4. The lowest BCUT2D eigenvalue weighted by Gasteiger charge is -2.14. The van der Waals surface area contributed by atoms with E-state index >= 15 is 0 Å². The first-order valence-electron chi connectivity index (χ1n) is 4.94. The van der Waals surface area contributed by atoms with Gasteiger partial charge in [-0.15, -0.1) is 0 Å². The number of pyridine rings is 1. The fraction of sp³-hybridized carbons (Fsp3) is 0.364. The molecule has 0 unspecified atom stereocenters. The Hall–Kier alpha value is -1.91. The Morgan fingerprint density at radius 2 is 2.25 bits per heavy atom. The molecule has 0 aromatic carbocycles. The van der Waals surface area contributed by atoms with Crippen molar-refractivity contribution in [1.82, 2.24) is 9.88 Å². The number of hydrogen-bond acceptors (Lipinski definition) is 3. The maximum absolute atomic E-state index is 11.5. The van der Waals surface area contributed by atoms with Gasteiger partial charge in [0, 0.05) is 25.9 Å². The number of likely N-dealkylation sites (N-methyl/N-ethyl adjacent to an activating group) is 1. The molecule has 1 heterocycles. The summed E-state index contributed by atoms with van der Waals surface area (Å²) in [4.78, 5) is 27.0. The van der Waals surface area contributed by atoms with Crippen LogP contribution >= 0.6 is 0 Å². The van der Waals surface area contributed by atoms with E-state index < -0.39 is 5.97 Å². The van der Waals surface area contributed by atoms with Crippen LogP contribution in [0.5, 0.6) is 0 Å². The molecule has 0 spiro atoms. The fourth-order valence-corrected chi connectivity index (χ4v) is 1.28. The average molecular weight is 222 g/mol. The van der Waals surface area contributed by atoms with Gasteiger partial charge in [0.2, 0.25) is 5.91 Å². The molecule has 5 nitrogen and oxygen atoms in total. The molecule has 1 aromatic rings. The van der Waals surface area contributed by atoms with Crippen LogP contribution in [0.3, 0.4) is 0 Å². The Morgan fingerprint density at radius 3 is 2.81 bits per heavy atom. The molecule has 1 N–H and O–H groups in total. The average Bonchev–Trinajstić information content (AvgIpc) is 2.26. The zero-order valence-electron chi connectivity index (χ0n) is 9.09. The molecule has 0 atom stereocenters. The Bertz CT molecular complexity index is 365. The monoisotopic (exact) mass is 222 g/mol. The number of carboxylic acids is 1. The molecular weight excluding hydrogens is 208 g/mol. The van der Waals surface area contributed by atoms with Crippen molar-refractivity contribution >= 4 is 11.9 Å². The number of aliphatic carboxylic acids is 1. The second kappa shape index (κ2) is 5.85. The quantitative estimate of drug-likeness (QED) is 0.790. The maximum atomic E-state index is 11.5. The molecule has 0 aliphatic rings. The summed E-state index contributed by atoms with van der Waals surface area (Å²) in [7, 11) is 1.49. The van der Waals surface area contributed by atoms with E-state index in [1.165, 1.54) is 11.9 Å². The number of carboxylic acid groups (broad SMARTS) is 1. The molecule has 1 aromatic heterocycles. The number of carbonyl (C=O) groups is 2. The summed E-state index contributed by atoms with van der Waals surface area (Å²) >= 11 is 0. The van der Waals surface area contributed by atoms with Gasteiger partial charge in [0.15, 0.2) is 0 Å². The van der Waals surface area contributed by atoms with Crippen LogP contribution < -0.4 is 0 Å². The van der Waals surface area contributed by atoms with Crippen LogP contribution in [0, 0.1) is 0 Å². The smallest absolute Gasteiger partial charge is 0.323 e. The van der Waals surface area contributed by atoms with Crippen molar-refractivity contribution in [1.29, 1.82) is 0 Å². The SMILES string of the molecule is CN(CC(=O)O)C(=O)CCc1cccnc1. The van der Waals surface area contributed by atoms with Crippen molar-refractivity contribution in [3.05, 3.63) is 30.1 Å². The predicted molar refractivity (Wildman–Crippen MR) is 57.8 cm³/mol. The van der Waals surface area contributed by atoms with Gasteiger partial charge in [-0.2, -0.15) is 0 Å². The summed E-state index contributed by atoms with van der Waals surface area (Å²) in [6.45, 7) is -0.258. The van der Waals surface area contributed by atoms with Crippen molar-refractivity contribution in [2.45, 2.75) is 12.8 Å². The van der Waals surface area contributed by atoms with E-state index in [2.05, 4.69) is 4.98 Å². The predicted octanol–water partition coefficient (Wildman–Crippen LogP) is 0.557. The second-order valence-electron chi connectivity index (χ2n) is 3.50. The lowest BCUT2D eigenvalue weighted by Crippen LogP contribution is -2.32. The minimum absolute atomic E-state index is 0.175. The highest BCUT2D eigenvalue weighted by Gasteiger charge is 2.11. The molecule has 1 amide bonds. The first-order chi connectivity index (χ1) is 7.59. The standard InChI is InChI=1S/C11H14N2O3/c1-13(8-11(15)16)10(14)5-4-9-3-2-6-12-7-9/h2-3,6-7H,4-5,8H2,1H3,(H,15,16). The molecular formula is C11H14N2O3. The van der Waals surface area contributed by atoms with Crippen molar-refractivity contribution < 1.29 is 14.7 Å². The van der Waals surface area contributed by atoms with Crippen LogP contribution in [-0.4, -0.2) is 40.5 Å². The largest absolute Gasteiger partial charge is 0.480 e. The Balaban J connectivity index is 2.38. The Morgan fingerprint density at radius 1 is 1.50 bits per heavy atom. The number of aromatic nitrogens is 1. The normalized spacial score (nSPS) is 9.81. The van der Waals surface area contributed by atoms with Gasteiger partial charge in [0.1, 0.15) is 6.54 Å². The third kappa shape index (κ3) is 4.08. The van der Waals surface area contributed by atoms with Crippen molar-refractivity contribution in [2.24, 2.45) is 0 Å². The summed E-state index contributed by atoms with van der Waals surface area (Å²) in [5.41, 5.74) is 0.972. The molecule has 0 fully saturated rings. The Labute approximate surface area is 93.7 Å². The van der Waals surface area contributed by atoms with Crippen LogP contribution in [0.15, 0.2) is 24.5 Å². The van der Waals surface area contributed by atoms with Crippen LogP contribution in [-0.2, 0) is 16.0 Å². The summed E-state index contributed by atoms with van der Waals surface area (Å²) in [5, 5.41) is 8.51.